The molecule has 1 aliphatic carbocycles. The molecule has 0 spiro atoms. The molecule has 2 amide bonds. The van der Waals surface area contributed by atoms with Gasteiger partial charge in [0, 0.05) is 18.7 Å². The molecule has 0 saturated heterocycles. The molecule has 0 bridgehead atoms. The van der Waals surface area contributed by atoms with Crippen LogP contribution in [0.5, 0.6) is 0 Å². The van der Waals surface area contributed by atoms with Gasteiger partial charge in [0.1, 0.15) is 0 Å². The maximum absolute atomic E-state index is 12.9. The van der Waals surface area contributed by atoms with Crippen molar-refractivity contribution in [1.82, 2.24) is 5.32 Å². The van der Waals surface area contributed by atoms with E-state index in [1.54, 1.807) is 0 Å². The summed E-state index contributed by atoms with van der Waals surface area (Å²) < 4.78 is 0. The molecule has 0 unspecified atom stereocenters. The Balaban J connectivity index is 1.58. The largest absolute Gasteiger partial charge is 0.355 e. The molecule has 4 heteroatoms. The van der Waals surface area contributed by atoms with E-state index >= 15 is 0 Å². The summed E-state index contributed by atoms with van der Waals surface area (Å²) in [4.78, 5) is 24.8. The Morgan fingerprint density at radius 2 is 1.71 bits per heavy atom. The average molecular weight is 379 g/mol. The Hall–Kier alpha value is -2.62. The van der Waals surface area contributed by atoms with Gasteiger partial charge in [-0.25, -0.2) is 0 Å². The molecule has 2 aromatic carbocycles. The van der Waals surface area contributed by atoms with Crippen molar-refractivity contribution in [2.45, 2.75) is 57.3 Å². The zero-order chi connectivity index (χ0) is 19.8. The molecule has 3 rings (SSSR count). The lowest BCUT2D eigenvalue weighted by molar-refractivity contribution is -0.129. The van der Waals surface area contributed by atoms with Crippen molar-refractivity contribution in [3.8, 4) is 0 Å². The standard InChI is InChI=1S/C24H30N2O2/c1-2-3-10-22(27)26-21-13-11-20(12-14-21)24(16-7-17-24)23(28)25-18-15-19-8-5-4-6-9-19/h4-6,8-9,11-14H,2-3,7,10,15-18H2,1H3,(H,25,28)(H,26,27). The van der Waals surface area contributed by atoms with Crippen LogP contribution in [0.15, 0.2) is 54.6 Å². The van der Waals surface area contributed by atoms with Gasteiger partial charge in [-0.3, -0.25) is 9.59 Å². The van der Waals surface area contributed by atoms with Gasteiger partial charge in [-0.15, -0.1) is 0 Å². The van der Waals surface area contributed by atoms with Crippen LogP contribution in [0.25, 0.3) is 0 Å². The molecule has 0 aliphatic heterocycles. The van der Waals surface area contributed by atoms with E-state index in [9.17, 15) is 9.59 Å². The van der Waals surface area contributed by atoms with Crippen LogP contribution in [0.4, 0.5) is 5.69 Å². The van der Waals surface area contributed by atoms with Gasteiger partial charge in [0.2, 0.25) is 11.8 Å². The van der Waals surface area contributed by atoms with Gasteiger partial charge in [-0.2, -0.15) is 0 Å². The fourth-order valence-corrected chi connectivity index (χ4v) is 3.74. The molecule has 1 saturated carbocycles. The Morgan fingerprint density at radius 1 is 1.00 bits per heavy atom. The molecule has 148 valence electrons. The molecule has 2 aromatic rings. The van der Waals surface area contributed by atoms with Crippen molar-refractivity contribution < 1.29 is 9.59 Å². The van der Waals surface area contributed by atoms with Crippen LogP contribution in [0.1, 0.15) is 56.6 Å². The Labute approximate surface area is 167 Å². The van der Waals surface area contributed by atoms with Crippen molar-refractivity contribution >= 4 is 17.5 Å². The Bertz CT molecular complexity index is 780. The number of carbonyl (C=O) groups is 2. The summed E-state index contributed by atoms with van der Waals surface area (Å²) in [5.41, 5.74) is 2.65. The second-order valence-electron chi connectivity index (χ2n) is 7.66. The number of unbranched alkanes of at least 4 members (excludes halogenated alkanes) is 1. The number of hydrogen-bond donors (Lipinski definition) is 2. The van der Waals surface area contributed by atoms with E-state index in [0.29, 0.717) is 13.0 Å². The van der Waals surface area contributed by atoms with Crippen molar-refractivity contribution in [2.24, 2.45) is 0 Å². The smallest absolute Gasteiger partial charge is 0.230 e. The predicted molar refractivity (Wildman–Crippen MR) is 113 cm³/mol. The van der Waals surface area contributed by atoms with E-state index in [0.717, 1.165) is 49.8 Å². The first-order valence-corrected chi connectivity index (χ1v) is 10.4. The lowest BCUT2D eigenvalue weighted by Crippen LogP contribution is -2.49. The molecule has 2 N–H and O–H groups in total. The first-order valence-electron chi connectivity index (χ1n) is 10.4. The second-order valence-corrected chi connectivity index (χ2v) is 7.66. The molecule has 28 heavy (non-hydrogen) atoms. The van der Waals surface area contributed by atoms with Crippen LogP contribution in [-0.4, -0.2) is 18.4 Å². The van der Waals surface area contributed by atoms with E-state index in [1.165, 1.54) is 5.56 Å². The van der Waals surface area contributed by atoms with Crippen molar-refractivity contribution in [3.63, 3.8) is 0 Å². The number of anilines is 1. The number of carbonyl (C=O) groups excluding carboxylic acids is 2. The van der Waals surface area contributed by atoms with E-state index < -0.39 is 5.41 Å². The van der Waals surface area contributed by atoms with Crippen LogP contribution >= 0.6 is 0 Å². The van der Waals surface area contributed by atoms with Crippen LogP contribution in [0, 0.1) is 0 Å². The first kappa shape index (κ1) is 20.1. The molecule has 1 aliphatic rings. The molecular weight excluding hydrogens is 348 g/mol. The average Bonchev–Trinajstić information content (AvgIpc) is 2.68. The maximum atomic E-state index is 12.9. The van der Waals surface area contributed by atoms with Gasteiger partial charge in [-0.05, 0) is 48.9 Å². The summed E-state index contributed by atoms with van der Waals surface area (Å²) in [6.45, 7) is 2.72. The van der Waals surface area contributed by atoms with Crippen molar-refractivity contribution in [1.29, 1.82) is 0 Å². The minimum absolute atomic E-state index is 0.0478. The predicted octanol–water partition coefficient (Wildman–Crippen LogP) is 4.60. The van der Waals surface area contributed by atoms with Gasteiger partial charge < -0.3 is 10.6 Å². The minimum atomic E-state index is -0.415. The van der Waals surface area contributed by atoms with E-state index in [1.807, 2.05) is 42.5 Å². The molecular formula is C24H30N2O2. The van der Waals surface area contributed by atoms with Crippen LogP contribution in [-0.2, 0) is 21.4 Å². The third-order valence-corrected chi connectivity index (χ3v) is 5.66. The molecule has 1 fully saturated rings. The van der Waals surface area contributed by atoms with E-state index in [4.69, 9.17) is 0 Å². The zero-order valence-corrected chi connectivity index (χ0v) is 16.7. The first-order chi connectivity index (χ1) is 13.6. The van der Waals surface area contributed by atoms with Crippen molar-refractivity contribution in [2.75, 3.05) is 11.9 Å². The van der Waals surface area contributed by atoms with Crippen LogP contribution in [0.3, 0.4) is 0 Å². The summed E-state index contributed by atoms with van der Waals surface area (Å²) in [7, 11) is 0. The van der Waals surface area contributed by atoms with Crippen molar-refractivity contribution in [3.05, 3.63) is 65.7 Å². The molecule has 4 nitrogen and oxygen atoms in total. The highest BCUT2D eigenvalue weighted by Gasteiger charge is 2.45. The monoisotopic (exact) mass is 378 g/mol. The Morgan fingerprint density at radius 3 is 2.32 bits per heavy atom. The van der Waals surface area contributed by atoms with Crippen LogP contribution < -0.4 is 10.6 Å². The quantitative estimate of drug-likeness (QED) is 0.670. The summed E-state index contributed by atoms with van der Waals surface area (Å²) in [5.74, 6) is 0.168. The summed E-state index contributed by atoms with van der Waals surface area (Å²) in [6.07, 6.45) is 6.13. The van der Waals surface area contributed by atoms with E-state index in [-0.39, 0.29) is 11.8 Å². The summed E-state index contributed by atoms with van der Waals surface area (Å²) >= 11 is 0. The lowest BCUT2D eigenvalue weighted by atomic mass is 9.63. The molecule has 0 aromatic heterocycles. The number of rotatable bonds is 9. The normalized spacial score (nSPS) is 14.8. The highest BCUT2D eigenvalue weighted by Crippen LogP contribution is 2.44. The number of benzene rings is 2. The van der Waals surface area contributed by atoms with Gasteiger partial charge in [0.05, 0.1) is 5.41 Å². The molecule has 0 atom stereocenters. The highest BCUT2D eigenvalue weighted by atomic mass is 16.2. The number of amides is 2. The number of hydrogen-bond acceptors (Lipinski definition) is 2. The zero-order valence-electron chi connectivity index (χ0n) is 16.7. The lowest BCUT2D eigenvalue weighted by Gasteiger charge is -2.40. The maximum Gasteiger partial charge on any atom is 0.230 e. The topological polar surface area (TPSA) is 58.2 Å². The number of nitrogens with one attached hydrogen (secondary N) is 2. The third kappa shape index (κ3) is 4.80. The summed E-state index contributed by atoms with van der Waals surface area (Å²) in [6, 6.07) is 18.0. The molecule has 0 heterocycles. The fourth-order valence-electron chi connectivity index (χ4n) is 3.74. The summed E-state index contributed by atoms with van der Waals surface area (Å²) in [5, 5.41) is 6.07. The second kappa shape index (κ2) is 9.54. The third-order valence-electron chi connectivity index (χ3n) is 5.66. The van der Waals surface area contributed by atoms with Gasteiger partial charge in [0.25, 0.3) is 0 Å². The fraction of sp³-hybridized carbons (Fsp3) is 0.417. The van der Waals surface area contributed by atoms with E-state index in [2.05, 4.69) is 29.7 Å². The van der Waals surface area contributed by atoms with Crippen LogP contribution in [0.2, 0.25) is 0 Å². The van der Waals surface area contributed by atoms with Gasteiger partial charge in [0.15, 0.2) is 0 Å². The minimum Gasteiger partial charge on any atom is -0.355 e. The molecule has 0 radical (unpaired) electrons. The van der Waals surface area contributed by atoms with Gasteiger partial charge in [-0.1, -0.05) is 62.2 Å². The SMILES string of the molecule is CCCCC(=O)Nc1ccc(C2(C(=O)NCCc3ccccc3)CCC2)cc1. The Kier molecular flexibility index (Phi) is 6.85. The highest BCUT2D eigenvalue weighted by molar-refractivity contribution is 5.91. The van der Waals surface area contributed by atoms with Gasteiger partial charge >= 0.3 is 0 Å².